The lowest BCUT2D eigenvalue weighted by Gasteiger charge is -2.53. The summed E-state index contributed by atoms with van der Waals surface area (Å²) in [7, 11) is 3.60. The van der Waals surface area contributed by atoms with E-state index in [-0.39, 0.29) is 43.9 Å². The van der Waals surface area contributed by atoms with Crippen LogP contribution >= 0.6 is 0 Å². The number of methoxy groups -OCH3 is 1. The van der Waals surface area contributed by atoms with Gasteiger partial charge in [-0.3, -0.25) is 14.7 Å². The van der Waals surface area contributed by atoms with Crippen LogP contribution in [0, 0.1) is 17.8 Å². The number of esters is 1. The first-order chi connectivity index (χ1) is 32.0. The van der Waals surface area contributed by atoms with Gasteiger partial charge in [0.1, 0.15) is 34.8 Å². The second-order valence-electron chi connectivity index (χ2n) is 20.9. The van der Waals surface area contributed by atoms with Gasteiger partial charge in [-0.25, -0.2) is 0 Å². The normalized spacial score (nSPS) is 41.4. The summed E-state index contributed by atoms with van der Waals surface area (Å²) < 4.78 is 46.8. The van der Waals surface area contributed by atoms with Crippen molar-refractivity contribution in [2.24, 2.45) is 17.8 Å². The first kappa shape index (κ1) is 56.1. The quantitative estimate of drug-likeness (QED) is 0.103. The molecule has 18 atom stereocenters. The summed E-state index contributed by atoms with van der Waals surface area (Å²) in [6.07, 6.45) is -2.75. The Kier molecular flexibility index (Phi) is 19.8. The second-order valence-corrected chi connectivity index (χ2v) is 20.9. The Balaban J connectivity index is 1.62. The third-order valence-corrected chi connectivity index (χ3v) is 15.1. The minimum absolute atomic E-state index is 0.0886. The van der Waals surface area contributed by atoms with E-state index in [1.807, 2.05) is 83.4 Å². The lowest BCUT2D eigenvalue weighted by Crippen LogP contribution is -2.70. The maximum atomic E-state index is 14.7. The summed E-state index contributed by atoms with van der Waals surface area (Å²) in [6.45, 7) is 21.8. The molecule has 0 unspecified atom stereocenters. The number of para-hydroxylation sites is 1. The van der Waals surface area contributed by atoms with E-state index in [1.54, 1.807) is 47.9 Å². The molecule has 68 heavy (non-hydrogen) atoms. The summed E-state index contributed by atoms with van der Waals surface area (Å²) in [4.78, 5) is 21.3. The largest absolute Gasteiger partial charge is 0.483 e. The first-order valence-electron chi connectivity index (χ1n) is 25.0. The Morgan fingerprint density at radius 1 is 0.941 bits per heavy atom. The van der Waals surface area contributed by atoms with Crippen LogP contribution in [0.4, 0.5) is 0 Å². The number of hydrogen-bond donors (Lipinski definition) is 6. The minimum Gasteiger partial charge on any atom is -0.483 e. The van der Waals surface area contributed by atoms with E-state index < -0.39 is 95.5 Å². The highest BCUT2D eigenvalue weighted by Gasteiger charge is 2.58. The number of carbonyl (C=O) groups is 1. The van der Waals surface area contributed by atoms with Crippen LogP contribution in [0.5, 0.6) is 5.75 Å². The summed E-state index contributed by atoms with van der Waals surface area (Å²) in [6, 6.07) is 12.6. The fraction of sp³-hybridized carbons (Fsp3) is 0.769. The molecule has 5 rings (SSSR count). The molecule has 386 valence electrons. The third-order valence-electron chi connectivity index (χ3n) is 15.1. The van der Waals surface area contributed by atoms with Crippen molar-refractivity contribution in [2.45, 2.75) is 205 Å². The SMILES string of the molecule is CCCNC[C@]1(O)[C@H](C)O[C@@H](O[C@H]2[C@H](C)[C@@H](O[C@@H]3O[C@H](C)C[C@H](N(C)Cc4cccnc4)[C@H]3Oc3ccccc3)[C@](C)(O)C[C@@H](C)CN[C@H](C)[C@@H](O)[C@](C)(O)[C@@H](CC)OC(=O)[C@@H]2C)C[C@@]1(C)OC. The predicted octanol–water partition coefficient (Wildman–Crippen LogP) is 4.98. The van der Waals surface area contributed by atoms with E-state index >= 15 is 0 Å². The monoisotopic (exact) mass is 959 g/mol. The molecule has 3 fully saturated rings. The van der Waals surface area contributed by atoms with E-state index in [0.717, 1.165) is 12.0 Å². The first-order valence-corrected chi connectivity index (χ1v) is 25.0. The van der Waals surface area contributed by atoms with Crippen molar-refractivity contribution < 1.29 is 58.4 Å². The standard InChI is InChI=1S/C52H86N4O12/c1-14-23-54-31-52(61)37(8)64-42(27-50(52,10)62-13)67-43-34(5)46(49(9,59)26-32(3)28-55-36(7)45(57)51(11,60)41(15-2)66-47(58)35(43)6)68-48-44(65-39-21-17-16-18-22-39)40(25-33(4)63-48)56(12)30-38-20-19-24-53-29-38/h16-22,24,29,32-37,40-46,48,54-55,57,59-61H,14-15,23,25-28,30-31H2,1-13H3/t32-,33-,34+,35-,36-,37+,40+,41-,42+,43+,44-,45-,46-,48+,49-,50-,51-,52+/m1/s1. The summed E-state index contributed by atoms with van der Waals surface area (Å²) in [5.41, 5.74) is -5.01. The van der Waals surface area contributed by atoms with Crippen LogP contribution in [0.1, 0.15) is 114 Å². The summed E-state index contributed by atoms with van der Waals surface area (Å²) in [5.74, 6) is -2.09. The molecule has 0 radical (unpaired) electrons. The number of pyridine rings is 1. The highest BCUT2D eigenvalue weighted by atomic mass is 16.7. The van der Waals surface area contributed by atoms with Gasteiger partial charge >= 0.3 is 5.97 Å². The molecule has 0 aliphatic carbocycles. The number of nitrogens with zero attached hydrogens (tertiary/aromatic N) is 2. The van der Waals surface area contributed by atoms with Crippen molar-refractivity contribution in [1.82, 2.24) is 20.5 Å². The highest BCUT2D eigenvalue weighted by molar-refractivity contribution is 5.73. The molecule has 3 saturated heterocycles. The van der Waals surface area contributed by atoms with Crippen LogP contribution in [0.2, 0.25) is 0 Å². The van der Waals surface area contributed by atoms with E-state index in [4.69, 9.17) is 33.2 Å². The van der Waals surface area contributed by atoms with Gasteiger partial charge in [0.05, 0.1) is 42.0 Å². The number of hydrogen-bond acceptors (Lipinski definition) is 16. The van der Waals surface area contributed by atoms with Crippen molar-refractivity contribution in [2.75, 3.05) is 33.8 Å². The van der Waals surface area contributed by atoms with Crippen LogP contribution in [-0.4, -0.2) is 160 Å². The topological polar surface area (TPSA) is 203 Å². The molecule has 2 aromatic rings. The van der Waals surface area contributed by atoms with Gasteiger partial charge in [0.2, 0.25) is 0 Å². The number of carbonyl (C=O) groups excluding carboxylic acids is 1. The predicted molar refractivity (Wildman–Crippen MR) is 259 cm³/mol. The van der Waals surface area contributed by atoms with E-state index in [1.165, 1.54) is 6.92 Å². The van der Waals surface area contributed by atoms with E-state index in [0.29, 0.717) is 31.8 Å². The number of benzene rings is 1. The number of likely N-dealkylation sites (N-methyl/N-ethyl adjacent to an activating group) is 1. The molecular weight excluding hydrogens is 873 g/mol. The zero-order valence-corrected chi connectivity index (χ0v) is 43.1. The third kappa shape index (κ3) is 13.2. The Morgan fingerprint density at radius 2 is 1.65 bits per heavy atom. The van der Waals surface area contributed by atoms with Gasteiger partial charge in [-0.2, -0.15) is 0 Å². The average molecular weight is 959 g/mol. The fourth-order valence-corrected chi connectivity index (χ4v) is 10.8. The molecule has 1 aromatic heterocycles. The van der Waals surface area contributed by atoms with Crippen molar-refractivity contribution in [3.63, 3.8) is 0 Å². The molecule has 4 heterocycles. The molecule has 0 saturated carbocycles. The van der Waals surface area contributed by atoms with E-state index in [2.05, 4.69) is 27.4 Å². The number of rotatable bonds is 15. The number of ether oxygens (including phenoxy) is 7. The molecule has 0 amide bonds. The van der Waals surface area contributed by atoms with Gasteiger partial charge in [0, 0.05) is 51.0 Å². The average Bonchev–Trinajstić information content (AvgIpc) is 3.30. The maximum Gasteiger partial charge on any atom is 0.311 e. The van der Waals surface area contributed by atoms with Gasteiger partial charge in [-0.15, -0.1) is 0 Å². The molecular formula is C52H86N4O12. The molecule has 0 spiro atoms. The molecule has 16 nitrogen and oxygen atoms in total. The summed E-state index contributed by atoms with van der Waals surface area (Å²) >= 11 is 0. The Morgan fingerprint density at radius 3 is 2.28 bits per heavy atom. The molecule has 3 aliphatic heterocycles. The van der Waals surface area contributed by atoms with Crippen molar-refractivity contribution in [1.29, 1.82) is 0 Å². The van der Waals surface area contributed by atoms with Crippen molar-refractivity contribution in [3.05, 3.63) is 60.4 Å². The number of nitrogens with one attached hydrogen (secondary N) is 2. The van der Waals surface area contributed by atoms with Crippen LogP contribution < -0.4 is 15.4 Å². The lowest BCUT2D eigenvalue weighted by molar-refractivity contribution is -0.336. The number of aliphatic hydroxyl groups is 4. The zero-order chi connectivity index (χ0) is 50.2. The van der Waals surface area contributed by atoms with Gasteiger partial charge in [0.15, 0.2) is 18.7 Å². The fourth-order valence-electron chi connectivity index (χ4n) is 10.8. The minimum atomic E-state index is -1.83. The lowest BCUT2D eigenvalue weighted by atomic mass is 9.75. The molecule has 16 heteroatoms. The molecule has 1 aromatic carbocycles. The van der Waals surface area contributed by atoms with Gasteiger partial charge in [-0.05, 0) is 124 Å². The Bertz CT molecular complexity index is 1830. The van der Waals surface area contributed by atoms with E-state index in [9.17, 15) is 25.2 Å². The Hall–Kier alpha value is -2.84. The molecule has 3 aliphatic rings. The van der Waals surface area contributed by atoms with Crippen LogP contribution in [0.15, 0.2) is 54.9 Å². The number of cyclic esters (lactones) is 1. The highest BCUT2D eigenvalue weighted by Crippen LogP contribution is 2.43. The van der Waals surface area contributed by atoms with Gasteiger partial charge < -0.3 is 64.2 Å². The number of aromatic nitrogens is 1. The smallest absolute Gasteiger partial charge is 0.311 e. The van der Waals surface area contributed by atoms with Crippen molar-refractivity contribution in [3.8, 4) is 5.75 Å². The van der Waals surface area contributed by atoms with Crippen molar-refractivity contribution >= 4 is 5.97 Å². The second kappa shape index (κ2) is 24.1. The van der Waals surface area contributed by atoms with Crippen LogP contribution in [0.25, 0.3) is 0 Å². The molecule has 0 bridgehead atoms. The molecule has 6 N–H and O–H groups in total. The zero-order valence-electron chi connectivity index (χ0n) is 43.1. The van der Waals surface area contributed by atoms with Crippen LogP contribution in [0.3, 0.4) is 0 Å². The van der Waals surface area contributed by atoms with Crippen LogP contribution in [-0.2, 0) is 39.8 Å². The number of aliphatic hydroxyl groups excluding tert-OH is 1. The summed E-state index contributed by atoms with van der Waals surface area (Å²) in [5, 5.41) is 55.4. The maximum absolute atomic E-state index is 14.7. The van der Waals surface area contributed by atoms with Gasteiger partial charge in [0.25, 0.3) is 0 Å². The Labute approximate surface area is 406 Å². The van der Waals surface area contributed by atoms with Gasteiger partial charge in [-0.1, -0.05) is 52.0 Å².